The number of nitrogens with one attached hydrogen (secondary N) is 2. The third-order valence-electron chi connectivity index (χ3n) is 7.06. The van der Waals surface area contributed by atoms with Crippen LogP contribution in [0.15, 0.2) is 48.8 Å². The highest BCUT2D eigenvalue weighted by Gasteiger charge is 2.34. The number of amides is 1. The van der Waals surface area contributed by atoms with Crippen LogP contribution in [-0.4, -0.2) is 28.1 Å². The van der Waals surface area contributed by atoms with Gasteiger partial charge in [-0.25, -0.2) is 4.39 Å². The summed E-state index contributed by atoms with van der Waals surface area (Å²) in [5, 5.41) is 11.5. The summed E-state index contributed by atoms with van der Waals surface area (Å²) in [5.74, 6) is 0.0610. The second-order valence-corrected chi connectivity index (χ2v) is 9.74. The first-order valence-electron chi connectivity index (χ1n) is 12.1. The van der Waals surface area contributed by atoms with Crippen LogP contribution in [0.4, 0.5) is 10.1 Å². The lowest BCUT2D eigenvalue weighted by Gasteiger charge is -2.22. The zero-order valence-corrected chi connectivity index (χ0v) is 19.9. The van der Waals surface area contributed by atoms with Gasteiger partial charge in [0.25, 0.3) is 5.91 Å². The molecule has 34 heavy (non-hydrogen) atoms. The molecule has 1 atom stereocenters. The van der Waals surface area contributed by atoms with Gasteiger partial charge in [0.05, 0.1) is 12.6 Å². The van der Waals surface area contributed by atoms with Gasteiger partial charge in [-0.1, -0.05) is 12.1 Å². The van der Waals surface area contributed by atoms with Crippen LogP contribution in [-0.2, 0) is 13.6 Å². The van der Waals surface area contributed by atoms with E-state index in [4.69, 9.17) is 5.41 Å². The maximum atomic E-state index is 13.8. The Morgan fingerprint density at radius 2 is 1.91 bits per heavy atom. The quantitative estimate of drug-likeness (QED) is 0.552. The summed E-state index contributed by atoms with van der Waals surface area (Å²) in [6.45, 7) is 4.28. The van der Waals surface area contributed by atoms with Crippen LogP contribution in [0.1, 0.15) is 58.8 Å². The molecule has 178 valence electrons. The molecular formula is C27H32FN5O. The van der Waals surface area contributed by atoms with Crippen LogP contribution < -0.4 is 15.8 Å². The average Bonchev–Trinajstić information content (AvgIpc) is 3.43. The molecule has 5 rings (SSSR count). The van der Waals surface area contributed by atoms with Crippen molar-refractivity contribution in [3.8, 4) is 0 Å². The summed E-state index contributed by atoms with van der Waals surface area (Å²) in [6.07, 6.45) is 8.21. The number of hydrogen-bond acceptors (Lipinski definition) is 3. The lowest BCUT2D eigenvalue weighted by atomic mass is 9.99. The van der Waals surface area contributed by atoms with Crippen LogP contribution in [0, 0.1) is 24.1 Å². The first-order chi connectivity index (χ1) is 16.4. The second kappa shape index (κ2) is 9.12. The number of carbonyl (C=O) groups is 1. The molecule has 2 N–H and O–H groups in total. The van der Waals surface area contributed by atoms with Crippen molar-refractivity contribution in [1.29, 1.82) is 5.41 Å². The Bertz CT molecular complexity index is 1270. The monoisotopic (exact) mass is 461 g/mol. The average molecular weight is 462 g/mol. The lowest BCUT2D eigenvalue weighted by Crippen LogP contribution is -2.30. The number of carbonyl (C=O) groups excluding carboxylic acids is 1. The molecule has 1 aromatic heterocycles. The second-order valence-electron chi connectivity index (χ2n) is 9.74. The van der Waals surface area contributed by atoms with E-state index in [0.717, 1.165) is 55.6 Å². The molecule has 2 fully saturated rings. The van der Waals surface area contributed by atoms with Gasteiger partial charge >= 0.3 is 0 Å². The predicted molar refractivity (Wildman–Crippen MR) is 130 cm³/mol. The Hall–Kier alpha value is -3.35. The van der Waals surface area contributed by atoms with E-state index in [0.29, 0.717) is 29.2 Å². The molecule has 0 bridgehead atoms. The molecule has 7 heteroatoms. The van der Waals surface area contributed by atoms with Crippen molar-refractivity contribution in [1.82, 2.24) is 14.5 Å². The largest absolute Gasteiger partial charge is 0.372 e. The maximum Gasteiger partial charge on any atom is 0.251 e. The zero-order valence-electron chi connectivity index (χ0n) is 19.9. The number of halogens is 1. The Morgan fingerprint density at radius 3 is 2.56 bits per heavy atom. The number of rotatable bonds is 7. The molecule has 2 aliphatic rings. The first-order valence-corrected chi connectivity index (χ1v) is 12.1. The standard InChI is InChI=1S/C27H32FN5O/c1-18-13-21(7-8-24(18)28)25(20-5-6-20)30-26(34)22-14-19(17-33-12-11-31(2)27(33)29)15-23(16-22)32-9-3-4-10-32/h7-8,11-16,20,25,29H,3-6,9-10,17H2,1-2H3,(H,30,34). The lowest BCUT2D eigenvalue weighted by molar-refractivity contribution is 0.0931. The van der Waals surface area contributed by atoms with Crippen LogP contribution in [0.5, 0.6) is 0 Å². The van der Waals surface area contributed by atoms with Crippen molar-refractivity contribution in [2.45, 2.75) is 45.2 Å². The Balaban J connectivity index is 1.45. The van der Waals surface area contributed by atoms with Crippen LogP contribution >= 0.6 is 0 Å². The Kier molecular flexibility index (Phi) is 6.02. The van der Waals surface area contributed by atoms with Gasteiger partial charge in [-0.05, 0) is 79.5 Å². The maximum absolute atomic E-state index is 13.8. The highest BCUT2D eigenvalue weighted by molar-refractivity contribution is 5.95. The highest BCUT2D eigenvalue weighted by atomic mass is 19.1. The third kappa shape index (κ3) is 4.65. The molecule has 1 saturated carbocycles. The van der Waals surface area contributed by atoms with E-state index < -0.39 is 0 Å². The van der Waals surface area contributed by atoms with E-state index in [1.165, 1.54) is 6.07 Å². The van der Waals surface area contributed by atoms with Gasteiger partial charge in [-0.15, -0.1) is 0 Å². The number of aryl methyl sites for hydroxylation is 2. The van der Waals surface area contributed by atoms with E-state index in [2.05, 4.69) is 16.3 Å². The van der Waals surface area contributed by atoms with Crippen molar-refractivity contribution in [3.05, 3.63) is 82.5 Å². The van der Waals surface area contributed by atoms with E-state index >= 15 is 0 Å². The minimum absolute atomic E-state index is 0.106. The molecule has 1 saturated heterocycles. The van der Waals surface area contributed by atoms with Crippen molar-refractivity contribution in [3.63, 3.8) is 0 Å². The van der Waals surface area contributed by atoms with E-state index in [-0.39, 0.29) is 17.8 Å². The minimum Gasteiger partial charge on any atom is -0.372 e. The molecular weight excluding hydrogens is 429 g/mol. The molecule has 1 aliphatic heterocycles. The molecule has 6 nitrogen and oxygen atoms in total. The van der Waals surface area contributed by atoms with Gasteiger partial charge in [-0.3, -0.25) is 10.2 Å². The number of hydrogen-bond donors (Lipinski definition) is 2. The smallest absolute Gasteiger partial charge is 0.251 e. The van der Waals surface area contributed by atoms with Crippen molar-refractivity contribution >= 4 is 11.6 Å². The van der Waals surface area contributed by atoms with Crippen LogP contribution in [0.25, 0.3) is 0 Å². The summed E-state index contributed by atoms with van der Waals surface area (Å²) in [4.78, 5) is 15.8. The fourth-order valence-electron chi connectivity index (χ4n) is 4.89. The Morgan fingerprint density at radius 1 is 1.15 bits per heavy atom. The number of imidazole rings is 1. The summed E-state index contributed by atoms with van der Waals surface area (Å²) >= 11 is 0. The van der Waals surface area contributed by atoms with Crippen LogP contribution in [0.3, 0.4) is 0 Å². The molecule has 0 spiro atoms. The highest BCUT2D eigenvalue weighted by Crippen LogP contribution is 2.41. The van der Waals surface area contributed by atoms with Crippen molar-refractivity contribution < 1.29 is 9.18 Å². The summed E-state index contributed by atoms with van der Waals surface area (Å²) in [5.41, 5.74) is 4.67. The number of anilines is 1. The number of aromatic nitrogens is 2. The first kappa shape index (κ1) is 22.4. The molecule has 0 radical (unpaired) electrons. The van der Waals surface area contributed by atoms with Crippen LogP contribution in [0.2, 0.25) is 0 Å². The number of nitrogens with zero attached hydrogens (tertiary/aromatic N) is 3. The molecule has 1 amide bonds. The fraction of sp³-hybridized carbons (Fsp3) is 0.407. The third-order valence-corrected chi connectivity index (χ3v) is 7.06. The van der Waals surface area contributed by atoms with Crippen molar-refractivity contribution in [2.75, 3.05) is 18.0 Å². The molecule has 1 unspecified atom stereocenters. The van der Waals surface area contributed by atoms with Gasteiger partial charge < -0.3 is 19.4 Å². The van der Waals surface area contributed by atoms with E-state index in [9.17, 15) is 9.18 Å². The SMILES string of the molecule is Cc1cc(C(NC(=O)c2cc(Cn3ccn(C)c3=N)cc(N3CCCC3)c2)C2CC2)ccc1F. The van der Waals surface area contributed by atoms with Gasteiger partial charge in [0.1, 0.15) is 5.82 Å². The van der Waals surface area contributed by atoms with Gasteiger partial charge in [0.2, 0.25) is 5.62 Å². The number of benzene rings is 2. The van der Waals surface area contributed by atoms with Gasteiger partial charge in [-0.2, -0.15) is 0 Å². The van der Waals surface area contributed by atoms with Gasteiger partial charge in [0.15, 0.2) is 0 Å². The van der Waals surface area contributed by atoms with E-state index in [1.807, 2.05) is 42.2 Å². The zero-order chi connectivity index (χ0) is 23.8. The van der Waals surface area contributed by atoms with E-state index in [1.54, 1.807) is 17.6 Å². The fourth-order valence-corrected chi connectivity index (χ4v) is 4.89. The topological polar surface area (TPSA) is 66.0 Å². The molecule has 2 heterocycles. The summed E-state index contributed by atoms with van der Waals surface area (Å²) < 4.78 is 17.5. The minimum atomic E-state index is -0.222. The normalized spacial score (nSPS) is 16.6. The summed E-state index contributed by atoms with van der Waals surface area (Å²) in [7, 11) is 1.85. The molecule has 1 aliphatic carbocycles. The van der Waals surface area contributed by atoms with Crippen molar-refractivity contribution in [2.24, 2.45) is 13.0 Å². The Labute approximate surface area is 199 Å². The summed E-state index contributed by atoms with van der Waals surface area (Å²) in [6, 6.07) is 11.1. The molecule has 2 aromatic carbocycles. The van der Waals surface area contributed by atoms with Gasteiger partial charge in [0, 0.05) is 43.8 Å². The molecule has 3 aromatic rings. The predicted octanol–water partition coefficient (Wildman–Crippen LogP) is 4.28.